The third kappa shape index (κ3) is 2.60. The molecule has 0 aromatic carbocycles. The summed E-state index contributed by atoms with van der Waals surface area (Å²) in [6.45, 7) is 5.04. The van der Waals surface area contributed by atoms with Crippen LogP contribution in [0.5, 0.6) is 0 Å². The molecule has 0 spiro atoms. The minimum absolute atomic E-state index is 0.0797. The van der Waals surface area contributed by atoms with Crippen LogP contribution in [0.3, 0.4) is 0 Å². The highest BCUT2D eigenvalue weighted by Crippen LogP contribution is 2.43. The fraction of sp³-hybridized carbons (Fsp3) is 0.786. The van der Waals surface area contributed by atoms with E-state index in [4.69, 9.17) is 9.72 Å². The summed E-state index contributed by atoms with van der Waals surface area (Å²) < 4.78 is 6.06. The van der Waals surface area contributed by atoms with Crippen molar-refractivity contribution < 1.29 is 4.74 Å². The van der Waals surface area contributed by atoms with Gasteiger partial charge in [-0.05, 0) is 33.2 Å². The number of ether oxygens (including phenoxy) is 1. The lowest BCUT2D eigenvalue weighted by atomic mass is 10.0. The summed E-state index contributed by atoms with van der Waals surface area (Å²) in [4.78, 5) is 4.86. The summed E-state index contributed by atoms with van der Waals surface area (Å²) in [6, 6.07) is 0.370. The summed E-state index contributed by atoms with van der Waals surface area (Å²) in [5.74, 6) is 0. The van der Waals surface area contributed by atoms with Crippen LogP contribution in [0.1, 0.15) is 62.7 Å². The summed E-state index contributed by atoms with van der Waals surface area (Å²) in [5, 5.41) is 6.70. The highest BCUT2D eigenvalue weighted by atomic mass is 32.1. The zero-order chi connectivity index (χ0) is 13.0. The van der Waals surface area contributed by atoms with E-state index in [1.807, 2.05) is 7.05 Å². The molecule has 0 amide bonds. The van der Waals surface area contributed by atoms with E-state index in [1.54, 1.807) is 11.3 Å². The Morgan fingerprint density at radius 3 is 2.72 bits per heavy atom. The molecule has 4 heteroatoms. The Bertz CT molecular complexity index is 368. The third-order valence-corrected chi connectivity index (χ3v) is 4.90. The van der Waals surface area contributed by atoms with Crippen LogP contribution in [-0.2, 0) is 10.3 Å². The predicted molar refractivity (Wildman–Crippen MR) is 76.0 cm³/mol. The molecule has 1 aromatic rings. The number of hydrogen-bond acceptors (Lipinski definition) is 4. The Morgan fingerprint density at radius 1 is 1.44 bits per heavy atom. The fourth-order valence-corrected chi connectivity index (χ4v) is 3.94. The minimum Gasteiger partial charge on any atom is -0.368 e. The number of rotatable bonds is 6. The highest BCUT2D eigenvalue weighted by molar-refractivity contribution is 7.09. The van der Waals surface area contributed by atoms with Crippen LogP contribution in [0.4, 0.5) is 0 Å². The van der Waals surface area contributed by atoms with Crippen molar-refractivity contribution in [3.05, 3.63) is 16.1 Å². The van der Waals surface area contributed by atoms with Gasteiger partial charge >= 0.3 is 0 Å². The zero-order valence-electron chi connectivity index (χ0n) is 11.7. The molecule has 102 valence electrons. The second-order valence-corrected chi connectivity index (χ2v) is 5.82. The molecular weight excluding hydrogens is 244 g/mol. The lowest BCUT2D eigenvalue weighted by Crippen LogP contribution is -2.26. The van der Waals surface area contributed by atoms with Crippen LogP contribution in [0.15, 0.2) is 5.38 Å². The minimum atomic E-state index is -0.0797. The summed E-state index contributed by atoms with van der Waals surface area (Å²) in [7, 11) is 2.00. The van der Waals surface area contributed by atoms with E-state index < -0.39 is 0 Å². The number of hydrogen-bond donors (Lipinski definition) is 1. The maximum absolute atomic E-state index is 6.06. The molecule has 1 heterocycles. The van der Waals surface area contributed by atoms with Crippen molar-refractivity contribution in [3.8, 4) is 0 Å². The standard InChI is InChI=1S/C14H24N2OS/c1-4-11(15-3)12-10-18-13(16-12)14(17-5-2)8-6-7-9-14/h10-11,15H,4-9H2,1-3H3. The quantitative estimate of drug-likeness (QED) is 0.855. The molecule has 1 unspecified atom stereocenters. The van der Waals surface area contributed by atoms with Gasteiger partial charge in [0.2, 0.25) is 0 Å². The topological polar surface area (TPSA) is 34.1 Å². The van der Waals surface area contributed by atoms with Crippen molar-refractivity contribution in [2.24, 2.45) is 0 Å². The molecule has 0 saturated heterocycles. The molecule has 3 nitrogen and oxygen atoms in total. The Labute approximate surface area is 114 Å². The molecule has 2 rings (SSSR count). The van der Waals surface area contributed by atoms with Crippen molar-refractivity contribution in [2.75, 3.05) is 13.7 Å². The van der Waals surface area contributed by atoms with Gasteiger partial charge in [0.05, 0.1) is 5.69 Å². The summed E-state index contributed by atoms with van der Waals surface area (Å²) in [5.41, 5.74) is 1.09. The van der Waals surface area contributed by atoms with E-state index in [9.17, 15) is 0 Å². The van der Waals surface area contributed by atoms with Crippen LogP contribution >= 0.6 is 11.3 Å². The lowest BCUT2D eigenvalue weighted by molar-refractivity contribution is -0.0392. The summed E-state index contributed by atoms with van der Waals surface area (Å²) >= 11 is 1.77. The van der Waals surface area contributed by atoms with Gasteiger partial charge in [0.15, 0.2) is 0 Å². The first-order chi connectivity index (χ1) is 8.75. The largest absolute Gasteiger partial charge is 0.368 e. The Morgan fingerprint density at radius 2 is 2.17 bits per heavy atom. The first-order valence-corrected chi connectivity index (χ1v) is 7.91. The van der Waals surface area contributed by atoms with Crippen LogP contribution in [-0.4, -0.2) is 18.6 Å². The van der Waals surface area contributed by atoms with Gasteiger partial charge in [0, 0.05) is 18.0 Å². The summed E-state index contributed by atoms with van der Waals surface area (Å²) in [6.07, 6.45) is 5.85. The lowest BCUT2D eigenvalue weighted by Gasteiger charge is -2.26. The zero-order valence-corrected chi connectivity index (χ0v) is 12.5. The van der Waals surface area contributed by atoms with E-state index in [1.165, 1.54) is 23.5 Å². The van der Waals surface area contributed by atoms with E-state index >= 15 is 0 Å². The van der Waals surface area contributed by atoms with Crippen molar-refractivity contribution in [3.63, 3.8) is 0 Å². The monoisotopic (exact) mass is 268 g/mol. The molecule has 0 radical (unpaired) electrons. The van der Waals surface area contributed by atoms with Gasteiger partial charge in [0.1, 0.15) is 10.6 Å². The normalized spacial score (nSPS) is 20.2. The first-order valence-electron chi connectivity index (χ1n) is 7.03. The number of nitrogens with one attached hydrogen (secondary N) is 1. The average molecular weight is 268 g/mol. The van der Waals surface area contributed by atoms with Gasteiger partial charge in [0.25, 0.3) is 0 Å². The van der Waals surface area contributed by atoms with Crippen molar-refractivity contribution in [1.29, 1.82) is 0 Å². The van der Waals surface area contributed by atoms with Gasteiger partial charge in [-0.2, -0.15) is 0 Å². The van der Waals surface area contributed by atoms with Crippen molar-refractivity contribution >= 4 is 11.3 Å². The molecule has 1 N–H and O–H groups in total. The molecule has 1 aromatic heterocycles. The molecular formula is C14H24N2OS. The highest BCUT2D eigenvalue weighted by Gasteiger charge is 2.39. The molecule has 1 aliphatic carbocycles. The fourth-order valence-electron chi connectivity index (χ4n) is 2.86. The van der Waals surface area contributed by atoms with Gasteiger partial charge in [-0.3, -0.25) is 0 Å². The number of aromatic nitrogens is 1. The third-order valence-electron chi connectivity index (χ3n) is 3.86. The Hall–Kier alpha value is -0.450. The van der Waals surface area contributed by atoms with E-state index in [-0.39, 0.29) is 5.60 Å². The maximum atomic E-state index is 6.06. The maximum Gasteiger partial charge on any atom is 0.125 e. The molecule has 1 saturated carbocycles. The molecule has 1 fully saturated rings. The molecule has 0 bridgehead atoms. The van der Waals surface area contributed by atoms with E-state index in [2.05, 4.69) is 24.5 Å². The Balaban J connectivity index is 2.21. The second kappa shape index (κ2) is 6.13. The smallest absolute Gasteiger partial charge is 0.125 e. The average Bonchev–Trinajstić information content (AvgIpc) is 3.01. The number of thiazole rings is 1. The Kier molecular flexibility index (Phi) is 4.76. The van der Waals surface area contributed by atoms with Crippen LogP contribution in [0.2, 0.25) is 0 Å². The van der Waals surface area contributed by atoms with Crippen LogP contribution in [0, 0.1) is 0 Å². The van der Waals surface area contributed by atoms with Gasteiger partial charge in [-0.1, -0.05) is 19.8 Å². The van der Waals surface area contributed by atoms with Gasteiger partial charge in [-0.15, -0.1) is 11.3 Å². The van der Waals surface area contributed by atoms with Gasteiger partial charge < -0.3 is 10.1 Å². The van der Waals surface area contributed by atoms with E-state index in [0.29, 0.717) is 6.04 Å². The number of nitrogens with zero attached hydrogens (tertiary/aromatic N) is 1. The van der Waals surface area contributed by atoms with Gasteiger partial charge in [-0.25, -0.2) is 4.98 Å². The van der Waals surface area contributed by atoms with Crippen molar-refractivity contribution in [1.82, 2.24) is 10.3 Å². The van der Waals surface area contributed by atoms with Crippen LogP contribution < -0.4 is 5.32 Å². The molecule has 0 aliphatic heterocycles. The van der Waals surface area contributed by atoms with Crippen LogP contribution in [0.25, 0.3) is 0 Å². The van der Waals surface area contributed by atoms with E-state index in [0.717, 1.165) is 25.9 Å². The SMILES string of the molecule is CCOC1(c2nc(C(CC)NC)cs2)CCCC1. The second-order valence-electron chi connectivity index (χ2n) is 4.96. The predicted octanol–water partition coefficient (Wildman–Crippen LogP) is 3.62. The molecule has 18 heavy (non-hydrogen) atoms. The molecule has 1 atom stereocenters. The first kappa shape index (κ1) is 14.0. The van der Waals surface area contributed by atoms with Crippen molar-refractivity contribution in [2.45, 2.75) is 57.6 Å². The molecule has 1 aliphatic rings.